The molecule has 1 aliphatic heterocycles. The molecule has 1 fully saturated rings. The molecule has 142 valence electrons. The Labute approximate surface area is 163 Å². The first-order valence-corrected chi connectivity index (χ1v) is 10.3. The van der Waals surface area contributed by atoms with Gasteiger partial charge >= 0.3 is 0 Å². The maximum absolute atomic E-state index is 12.8. The summed E-state index contributed by atoms with van der Waals surface area (Å²) in [5.41, 5.74) is 0.832. The largest absolute Gasteiger partial charge is 0.336 e. The minimum Gasteiger partial charge on any atom is -0.336 e. The first-order valence-electron chi connectivity index (χ1n) is 8.45. The molecule has 0 unspecified atom stereocenters. The summed E-state index contributed by atoms with van der Waals surface area (Å²) in [6, 6.07) is 12.7. The predicted octanol–water partition coefficient (Wildman–Crippen LogP) is 2.69. The summed E-state index contributed by atoms with van der Waals surface area (Å²) in [6.45, 7) is 2.36. The second kappa shape index (κ2) is 7.80. The van der Waals surface area contributed by atoms with E-state index in [1.54, 1.807) is 41.3 Å². The zero-order valence-corrected chi connectivity index (χ0v) is 16.3. The van der Waals surface area contributed by atoms with Gasteiger partial charge in [-0.2, -0.15) is 4.31 Å². The molecular formula is C19H19ClN2O4S. The van der Waals surface area contributed by atoms with E-state index in [0.29, 0.717) is 16.1 Å². The second-order valence-electron chi connectivity index (χ2n) is 6.29. The van der Waals surface area contributed by atoms with Crippen LogP contribution in [0.5, 0.6) is 0 Å². The fourth-order valence-electron chi connectivity index (χ4n) is 2.96. The third kappa shape index (κ3) is 4.21. The average Bonchev–Trinajstić information content (AvgIpc) is 2.67. The molecule has 1 amide bonds. The summed E-state index contributed by atoms with van der Waals surface area (Å²) in [6.07, 6.45) is 0. The van der Waals surface area contributed by atoms with Crippen molar-refractivity contribution in [2.75, 3.05) is 26.2 Å². The summed E-state index contributed by atoms with van der Waals surface area (Å²) >= 11 is 5.93. The van der Waals surface area contributed by atoms with Crippen LogP contribution in [0.2, 0.25) is 5.02 Å². The molecule has 1 heterocycles. The SMILES string of the molecule is CC(=O)c1cccc(S(=O)(=O)N2CCN(C(=O)c3cccc(Cl)c3)CC2)c1. The highest BCUT2D eigenvalue weighted by Gasteiger charge is 2.30. The van der Waals surface area contributed by atoms with Crippen molar-refractivity contribution in [1.29, 1.82) is 0 Å². The molecule has 0 aromatic heterocycles. The van der Waals surface area contributed by atoms with Crippen LogP contribution < -0.4 is 0 Å². The van der Waals surface area contributed by atoms with Crippen LogP contribution in [0.25, 0.3) is 0 Å². The number of nitrogens with zero attached hydrogens (tertiary/aromatic N) is 2. The van der Waals surface area contributed by atoms with Gasteiger partial charge in [0.1, 0.15) is 0 Å². The molecule has 2 aromatic carbocycles. The van der Waals surface area contributed by atoms with Crippen molar-refractivity contribution in [2.45, 2.75) is 11.8 Å². The number of piperazine rings is 1. The molecule has 0 aliphatic carbocycles. The van der Waals surface area contributed by atoms with Crippen molar-refractivity contribution in [3.8, 4) is 0 Å². The van der Waals surface area contributed by atoms with E-state index in [2.05, 4.69) is 0 Å². The van der Waals surface area contributed by atoms with Crippen LogP contribution in [0.3, 0.4) is 0 Å². The van der Waals surface area contributed by atoms with Crippen LogP contribution in [-0.2, 0) is 10.0 Å². The number of amides is 1. The van der Waals surface area contributed by atoms with E-state index in [4.69, 9.17) is 11.6 Å². The molecule has 27 heavy (non-hydrogen) atoms. The Hall–Kier alpha value is -2.22. The Morgan fingerprint density at radius 2 is 1.56 bits per heavy atom. The van der Waals surface area contributed by atoms with Gasteiger partial charge in [0.25, 0.3) is 5.91 Å². The number of hydrogen-bond acceptors (Lipinski definition) is 4. The molecule has 1 saturated heterocycles. The molecule has 0 spiro atoms. The molecule has 0 saturated carbocycles. The molecule has 0 N–H and O–H groups in total. The summed E-state index contributed by atoms with van der Waals surface area (Å²) < 4.78 is 27.0. The van der Waals surface area contributed by atoms with E-state index < -0.39 is 10.0 Å². The summed E-state index contributed by atoms with van der Waals surface area (Å²) in [4.78, 5) is 25.8. The van der Waals surface area contributed by atoms with Gasteiger partial charge in [0.15, 0.2) is 5.78 Å². The minimum absolute atomic E-state index is 0.0878. The number of ketones is 1. The fourth-order valence-corrected chi connectivity index (χ4v) is 4.62. The van der Waals surface area contributed by atoms with Gasteiger partial charge in [0.2, 0.25) is 10.0 Å². The van der Waals surface area contributed by atoms with Gasteiger partial charge < -0.3 is 4.90 Å². The Morgan fingerprint density at radius 1 is 0.926 bits per heavy atom. The van der Waals surface area contributed by atoms with Crippen LogP contribution in [0.4, 0.5) is 0 Å². The van der Waals surface area contributed by atoms with Crippen LogP contribution >= 0.6 is 11.6 Å². The molecular weight excluding hydrogens is 388 g/mol. The number of carbonyl (C=O) groups is 2. The standard InChI is InChI=1S/C19H19ClN2O4S/c1-14(23)15-4-3-7-18(13-15)27(25,26)22-10-8-21(9-11-22)19(24)16-5-2-6-17(20)12-16/h2-7,12-13H,8-11H2,1H3. The maximum atomic E-state index is 12.8. The van der Waals surface area contributed by atoms with Gasteiger partial charge in [0, 0.05) is 42.3 Å². The zero-order valence-electron chi connectivity index (χ0n) is 14.8. The van der Waals surface area contributed by atoms with E-state index >= 15 is 0 Å². The number of rotatable bonds is 4. The third-order valence-corrected chi connectivity index (χ3v) is 6.61. The molecule has 0 bridgehead atoms. The lowest BCUT2D eigenvalue weighted by molar-refractivity contribution is 0.0697. The summed E-state index contributed by atoms with van der Waals surface area (Å²) in [5, 5.41) is 0.479. The quantitative estimate of drug-likeness (QED) is 0.731. The van der Waals surface area contributed by atoms with Gasteiger partial charge in [-0.15, -0.1) is 0 Å². The fraction of sp³-hybridized carbons (Fsp3) is 0.263. The lowest BCUT2D eigenvalue weighted by Crippen LogP contribution is -2.50. The van der Waals surface area contributed by atoms with E-state index in [9.17, 15) is 18.0 Å². The summed E-state index contributed by atoms with van der Waals surface area (Å²) in [7, 11) is -3.72. The van der Waals surface area contributed by atoms with Gasteiger partial charge in [-0.3, -0.25) is 9.59 Å². The van der Waals surface area contributed by atoms with Crippen LogP contribution in [0.1, 0.15) is 27.6 Å². The molecule has 8 heteroatoms. The third-order valence-electron chi connectivity index (χ3n) is 4.48. The highest BCUT2D eigenvalue weighted by Crippen LogP contribution is 2.20. The van der Waals surface area contributed by atoms with E-state index in [1.165, 1.54) is 23.4 Å². The molecule has 0 atom stereocenters. The van der Waals surface area contributed by atoms with Crippen molar-refractivity contribution in [3.05, 3.63) is 64.7 Å². The highest BCUT2D eigenvalue weighted by molar-refractivity contribution is 7.89. The summed E-state index contributed by atoms with van der Waals surface area (Å²) in [5.74, 6) is -0.364. The number of benzene rings is 2. The minimum atomic E-state index is -3.72. The molecule has 6 nitrogen and oxygen atoms in total. The van der Waals surface area contributed by atoms with Crippen LogP contribution in [0.15, 0.2) is 53.4 Å². The Kier molecular flexibility index (Phi) is 5.64. The molecule has 0 radical (unpaired) electrons. The van der Waals surface area contributed by atoms with Gasteiger partial charge in [-0.25, -0.2) is 8.42 Å². The first-order chi connectivity index (χ1) is 12.8. The lowest BCUT2D eigenvalue weighted by Gasteiger charge is -2.34. The van der Waals surface area contributed by atoms with Crippen molar-refractivity contribution in [1.82, 2.24) is 9.21 Å². The first kappa shape index (κ1) is 19.5. The number of carbonyl (C=O) groups excluding carboxylic acids is 2. The van der Waals surface area contributed by atoms with Crippen molar-refractivity contribution in [3.63, 3.8) is 0 Å². The maximum Gasteiger partial charge on any atom is 0.253 e. The van der Waals surface area contributed by atoms with Crippen molar-refractivity contribution >= 4 is 33.3 Å². The molecule has 1 aliphatic rings. The van der Waals surface area contributed by atoms with Crippen molar-refractivity contribution in [2.24, 2.45) is 0 Å². The van der Waals surface area contributed by atoms with Crippen LogP contribution in [-0.4, -0.2) is 55.5 Å². The normalized spacial score (nSPS) is 15.6. The van der Waals surface area contributed by atoms with Gasteiger partial charge in [-0.1, -0.05) is 29.8 Å². The van der Waals surface area contributed by atoms with Gasteiger partial charge in [0.05, 0.1) is 4.90 Å². The van der Waals surface area contributed by atoms with E-state index in [-0.39, 0.29) is 42.8 Å². The van der Waals surface area contributed by atoms with Crippen LogP contribution in [0, 0.1) is 0 Å². The zero-order chi connectivity index (χ0) is 19.6. The highest BCUT2D eigenvalue weighted by atomic mass is 35.5. The van der Waals surface area contributed by atoms with Crippen molar-refractivity contribution < 1.29 is 18.0 Å². The number of sulfonamides is 1. The second-order valence-corrected chi connectivity index (χ2v) is 8.67. The van der Waals surface area contributed by atoms with E-state index in [1.807, 2.05) is 0 Å². The van der Waals surface area contributed by atoms with E-state index in [0.717, 1.165) is 0 Å². The monoisotopic (exact) mass is 406 g/mol. The molecule has 2 aromatic rings. The Bertz CT molecular complexity index is 983. The number of hydrogen-bond donors (Lipinski definition) is 0. The smallest absolute Gasteiger partial charge is 0.253 e. The topological polar surface area (TPSA) is 74.8 Å². The Morgan fingerprint density at radius 3 is 2.19 bits per heavy atom. The Balaban J connectivity index is 1.72. The van der Waals surface area contributed by atoms with Gasteiger partial charge in [-0.05, 0) is 37.3 Å². The predicted molar refractivity (Wildman–Crippen MR) is 103 cm³/mol. The molecule has 3 rings (SSSR count). The number of halogens is 1. The number of Topliss-reactive ketones (excluding diaryl/α,β-unsaturated/α-hetero) is 1. The average molecular weight is 407 g/mol. The lowest BCUT2D eigenvalue weighted by atomic mass is 10.2.